The number of H-pyrrole nitrogens is 1. The number of nitrogens with zero attached hydrogens (tertiary/aromatic N) is 1. The summed E-state index contributed by atoms with van der Waals surface area (Å²) in [6.45, 7) is 0.830. The summed E-state index contributed by atoms with van der Waals surface area (Å²) in [6, 6.07) is 15.5. The number of fused-ring (bicyclic) bond motifs is 3. The van der Waals surface area contributed by atoms with Crippen molar-refractivity contribution in [2.24, 2.45) is 5.73 Å². The van der Waals surface area contributed by atoms with Crippen LogP contribution in [0.15, 0.2) is 59.4 Å². The molecule has 6 atom stereocenters. The smallest absolute Gasteiger partial charge is 0.255 e. The number of aliphatic hydroxyl groups is 2. The van der Waals surface area contributed by atoms with Gasteiger partial charge in [-0.05, 0) is 60.3 Å². The number of nitrogens with one attached hydrogen (secondary N) is 2. The first-order valence-corrected chi connectivity index (χ1v) is 13.4. The maximum Gasteiger partial charge on any atom is 0.255 e. The number of hydrogen-bond donors (Lipinski definition) is 6. The number of amides is 1. The highest BCUT2D eigenvalue weighted by molar-refractivity contribution is 5.80. The molecule has 9 heteroatoms. The second kappa shape index (κ2) is 8.02. The summed E-state index contributed by atoms with van der Waals surface area (Å²) in [5.41, 5.74) is 7.82. The number of rotatable bonds is 6. The van der Waals surface area contributed by atoms with Gasteiger partial charge in [0.15, 0.2) is 0 Å². The van der Waals surface area contributed by atoms with Crippen molar-refractivity contribution in [3.05, 3.63) is 98.5 Å². The summed E-state index contributed by atoms with van der Waals surface area (Å²) in [6.07, 6.45) is 0.325. The van der Waals surface area contributed by atoms with E-state index in [4.69, 9.17) is 5.73 Å². The Bertz CT molecular complexity index is 1570. The van der Waals surface area contributed by atoms with Crippen LogP contribution in [0.5, 0.6) is 5.75 Å². The van der Waals surface area contributed by atoms with Gasteiger partial charge in [0, 0.05) is 35.9 Å². The molecule has 39 heavy (non-hydrogen) atoms. The highest BCUT2D eigenvalue weighted by Crippen LogP contribution is 2.72. The number of aliphatic hydroxyl groups excluding tert-OH is 1. The highest BCUT2D eigenvalue weighted by Gasteiger charge is 2.80. The van der Waals surface area contributed by atoms with Crippen LogP contribution in [0.25, 0.3) is 0 Å². The predicted molar refractivity (Wildman–Crippen MR) is 143 cm³/mol. The number of carbonyl (C=O) groups excluding carboxylic acids is 1. The minimum absolute atomic E-state index is 0.0745. The molecular weight excluding hydrogens is 496 g/mol. The molecule has 7 rings (SSSR count). The van der Waals surface area contributed by atoms with Crippen molar-refractivity contribution < 1.29 is 20.1 Å². The zero-order chi connectivity index (χ0) is 27.3. The predicted octanol–water partition coefficient (Wildman–Crippen LogP) is 0.494. The Morgan fingerprint density at radius 2 is 1.95 bits per heavy atom. The number of aromatic nitrogens is 1. The number of phenolic OH excluding ortho intramolecular Hbond substituents is 1. The summed E-state index contributed by atoms with van der Waals surface area (Å²) in [4.78, 5) is 30.6. The molecule has 3 aromatic rings. The van der Waals surface area contributed by atoms with Crippen LogP contribution < -0.4 is 16.6 Å². The van der Waals surface area contributed by atoms with Crippen LogP contribution >= 0.6 is 0 Å². The van der Waals surface area contributed by atoms with E-state index in [0.29, 0.717) is 12.8 Å². The number of phenols is 1. The fraction of sp³-hybridized carbons (Fsp3) is 0.400. The molecule has 1 saturated carbocycles. The molecule has 1 aromatic heterocycles. The lowest BCUT2D eigenvalue weighted by atomic mass is 9.55. The molecule has 1 saturated heterocycles. The van der Waals surface area contributed by atoms with Gasteiger partial charge in [0.2, 0.25) is 5.91 Å². The van der Waals surface area contributed by atoms with Gasteiger partial charge in [0.05, 0.1) is 23.2 Å². The number of pyridine rings is 1. The van der Waals surface area contributed by atoms with Gasteiger partial charge in [-0.15, -0.1) is 0 Å². The van der Waals surface area contributed by atoms with E-state index in [1.807, 2.05) is 43.4 Å². The number of primary amides is 1. The Labute approximate surface area is 225 Å². The number of likely N-dealkylation sites (N-methyl/N-ethyl adjacent to an activating group) is 1. The Morgan fingerprint density at radius 3 is 2.67 bits per heavy atom. The lowest BCUT2D eigenvalue weighted by molar-refractivity contribution is -0.126. The Kier molecular flexibility index (Phi) is 5.04. The van der Waals surface area contributed by atoms with E-state index in [2.05, 4.69) is 15.2 Å². The zero-order valence-corrected chi connectivity index (χ0v) is 21.6. The Balaban J connectivity index is 1.24. The van der Waals surface area contributed by atoms with E-state index in [-0.39, 0.29) is 29.2 Å². The number of benzene rings is 2. The van der Waals surface area contributed by atoms with Gasteiger partial charge < -0.3 is 26.0 Å². The van der Waals surface area contributed by atoms with Gasteiger partial charge >= 0.3 is 0 Å². The molecule has 1 amide bonds. The number of nitrogens with two attached hydrogens (primary N) is 1. The molecule has 2 fully saturated rings. The minimum atomic E-state index is -1.43. The Morgan fingerprint density at radius 1 is 1.18 bits per heavy atom. The molecule has 2 spiro atoms. The average Bonchev–Trinajstić information content (AvgIpc) is 3.25. The van der Waals surface area contributed by atoms with Gasteiger partial charge in [-0.3, -0.25) is 19.8 Å². The lowest BCUT2D eigenvalue weighted by Gasteiger charge is -2.61. The van der Waals surface area contributed by atoms with Gasteiger partial charge in [0.25, 0.3) is 5.56 Å². The largest absolute Gasteiger partial charge is 0.508 e. The quantitative estimate of drug-likeness (QED) is 0.255. The van der Waals surface area contributed by atoms with Crippen LogP contribution in [0.2, 0.25) is 0 Å². The van der Waals surface area contributed by atoms with Gasteiger partial charge in [0.1, 0.15) is 12.0 Å². The van der Waals surface area contributed by atoms with E-state index < -0.39 is 34.8 Å². The standard InChI is InChI=1S/C30H32N4O5/c1-34-15-28-14-29(21-11-18(35)7-8-20(21)28)13-23-17(12-30(29,39)27(28)34)10-19(26(38)33-23)25(37)32-22(24(31)36)9-16-5-3-2-4-6-16/h2-8,10-11,22,25,27,32,35,37,39H,9,12-15H2,1H3,(H2,31,36)(H,33,38). The third kappa shape index (κ3) is 3.15. The molecular formula is C30H32N4O5. The van der Waals surface area contributed by atoms with E-state index >= 15 is 0 Å². The van der Waals surface area contributed by atoms with Crippen LogP contribution in [0.3, 0.4) is 0 Å². The minimum Gasteiger partial charge on any atom is -0.508 e. The van der Waals surface area contributed by atoms with E-state index in [9.17, 15) is 24.9 Å². The molecule has 0 radical (unpaired) electrons. The SMILES string of the molecule is CN1CC23CC4(Cc5[nH]c(=O)c(C(O)NC(Cc6ccccc6)C(N)=O)cc5CC4(O)C12)c1cc(O)ccc13. The number of likely N-dealkylation sites (tertiary alicyclic amines) is 1. The summed E-state index contributed by atoms with van der Waals surface area (Å²) in [5.74, 6) is -0.465. The average molecular weight is 529 g/mol. The third-order valence-corrected chi connectivity index (χ3v) is 9.91. The third-order valence-electron chi connectivity index (χ3n) is 9.91. The van der Waals surface area contributed by atoms with Crippen molar-refractivity contribution in [3.8, 4) is 5.75 Å². The van der Waals surface area contributed by atoms with E-state index in [1.165, 1.54) is 5.56 Å². The van der Waals surface area contributed by atoms with Crippen molar-refractivity contribution >= 4 is 5.91 Å². The van der Waals surface area contributed by atoms with Gasteiger partial charge in [-0.2, -0.15) is 0 Å². The number of aromatic hydroxyl groups is 1. The highest BCUT2D eigenvalue weighted by atomic mass is 16.3. The number of carbonyl (C=O) groups is 1. The molecule has 9 nitrogen and oxygen atoms in total. The zero-order valence-electron chi connectivity index (χ0n) is 21.6. The van der Waals surface area contributed by atoms with Crippen molar-refractivity contribution in [1.82, 2.24) is 15.2 Å². The van der Waals surface area contributed by atoms with Gasteiger partial charge in [-0.25, -0.2) is 0 Å². The molecule has 2 aromatic carbocycles. The first-order chi connectivity index (χ1) is 18.6. The summed E-state index contributed by atoms with van der Waals surface area (Å²) < 4.78 is 0. The first-order valence-electron chi connectivity index (χ1n) is 13.4. The first kappa shape index (κ1) is 24.5. The lowest BCUT2D eigenvalue weighted by Crippen LogP contribution is -2.74. The molecule has 7 N–H and O–H groups in total. The van der Waals surface area contributed by atoms with E-state index in [1.54, 1.807) is 18.2 Å². The van der Waals surface area contributed by atoms with E-state index in [0.717, 1.165) is 35.3 Å². The fourth-order valence-corrected chi connectivity index (χ4v) is 8.57. The molecule has 1 aliphatic heterocycles. The monoisotopic (exact) mass is 528 g/mol. The number of hydrogen-bond acceptors (Lipinski definition) is 7. The van der Waals surface area contributed by atoms with Crippen LogP contribution in [-0.2, 0) is 34.9 Å². The summed E-state index contributed by atoms with van der Waals surface area (Å²) >= 11 is 0. The molecule has 3 aliphatic carbocycles. The van der Waals surface area contributed by atoms with Crippen LogP contribution in [0.4, 0.5) is 0 Å². The van der Waals surface area contributed by atoms with Crippen molar-refractivity contribution in [2.45, 2.75) is 60.4 Å². The Hall–Kier alpha value is -3.50. The van der Waals surface area contributed by atoms with Crippen LogP contribution in [0.1, 0.15) is 46.2 Å². The fourth-order valence-electron chi connectivity index (χ4n) is 8.57. The van der Waals surface area contributed by atoms with Crippen molar-refractivity contribution in [1.29, 1.82) is 0 Å². The number of aromatic amines is 1. The second-order valence-electron chi connectivity index (χ2n) is 12.0. The molecule has 2 heterocycles. The van der Waals surface area contributed by atoms with Gasteiger partial charge in [-0.1, -0.05) is 36.4 Å². The second-order valence-corrected chi connectivity index (χ2v) is 12.0. The summed E-state index contributed by atoms with van der Waals surface area (Å²) in [7, 11) is 2.03. The topological polar surface area (TPSA) is 152 Å². The molecule has 202 valence electrons. The molecule has 4 aliphatic rings. The maximum atomic E-state index is 13.2. The molecule has 2 bridgehead atoms. The van der Waals surface area contributed by atoms with Crippen LogP contribution in [-0.4, -0.2) is 62.4 Å². The molecule has 6 unspecified atom stereocenters. The van der Waals surface area contributed by atoms with Crippen LogP contribution in [0, 0.1) is 0 Å². The normalized spacial score (nSPS) is 31.4. The maximum absolute atomic E-state index is 13.2. The van der Waals surface area contributed by atoms with Crippen molar-refractivity contribution in [2.75, 3.05) is 13.6 Å². The summed E-state index contributed by atoms with van der Waals surface area (Å²) in [5, 5.41) is 36.6. The van der Waals surface area contributed by atoms with Crippen molar-refractivity contribution in [3.63, 3.8) is 0 Å².